The molecule has 0 aliphatic carbocycles. The van der Waals surface area contributed by atoms with E-state index in [0.29, 0.717) is 11.6 Å². The molecule has 0 aromatic heterocycles. The van der Waals surface area contributed by atoms with Gasteiger partial charge in [-0.05, 0) is 32.0 Å². The molecule has 0 unspecified atom stereocenters. The van der Waals surface area contributed by atoms with Crippen LogP contribution in [0.1, 0.15) is 24.2 Å². The van der Waals surface area contributed by atoms with E-state index >= 15 is 0 Å². The molecule has 0 aliphatic rings. The highest BCUT2D eigenvalue weighted by atomic mass is 35.5. The van der Waals surface area contributed by atoms with Gasteiger partial charge in [-0.2, -0.15) is 0 Å². The summed E-state index contributed by atoms with van der Waals surface area (Å²) >= 11 is 11.6. The van der Waals surface area contributed by atoms with Crippen LogP contribution in [-0.2, 0) is 14.3 Å². The fourth-order valence-electron chi connectivity index (χ4n) is 1.50. The van der Waals surface area contributed by atoms with Gasteiger partial charge in [-0.1, -0.05) is 23.2 Å². The second kappa shape index (κ2) is 8.60. The first kappa shape index (κ1) is 18.3. The predicted molar refractivity (Wildman–Crippen MR) is 83.0 cm³/mol. The fraction of sp³-hybridized carbons (Fsp3) is 0.357. The van der Waals surface area contributed by atoms with Gasteiger partial charge in [0, 0.05) is 12.1 Å². The van der Waals surface area contributed by atoms with E-state index in [4.69, 9.17) is 27.9 Å². The van der Waals surface area contributed by atoms with Gasteiger partial charge < -0.3 is 15.4 Å². The number of hydrogen-bond donors (Lipinski definition) is 2. The minimum atomic E-state index is -0.922. The molecule has 8 heteroatoms. The maximum atomic E-state index is 11.8. The third kappa shape index (κ3) is 5.54. The van der Waals surface area contributed by atoms with Crippen molar-refractivity contribution in [2.75, 3.05) is 13.1 Å². The molecular formula is C14H16Cl2N2O4. The van der Waals surface area contributed by atoms with Gasteiger partial charge in [0.05, 0.1) is 10.0 Å². The summed E-state index contributed by atoms with van der Waals surface area (Å²) in [6, 6.07) is 4.35. The molecule has 0 saturated heterocycles. The summed E-state index contributed by atoms with van der Waals surface area (Å²) in [4.78, 5) is 34.8. The normalized spacial score (nSPS) is 11.5. The van der Waals surface area contributed by atoms with Crippen LogP contribution in [0.2, 0.25) is 10.0 Å². The van der Waals surface area contributed by atoms with Crippen LogP contribution < -0.4 is 10.6 Å². The maximum absolute atomic E-state index is 11.8. The van der Waals surface area contributed by atoms with Crippen molar-refractivity contribution in [1.29, 1.82) is 0 Å². The molecule has 2 N–H and O–H groups in total. The van der Waals surface area contributed by atoms with E-state index < -0.39 is 23.9 Å². The smallest absolute Gasteiger partial charge is 0.326 e. The fourth-order valence-corrected chi connectivity index (χ4v) is 1.80. The zero-order valence-corrected chi connectivity index (χ0v) is 13.6. The first-order valence-corrected chi connectivity index (χ1v) is 7.31. The lowest BCUT2D eigenvalue weighted by atomic mass is 10.2. The van der Waals surface area contributed by atoms with Crippen LogP contribution in [-0.4, -0.2) is 37.0 Å². The number of carbonyl (C=O) groups excluding carboxylic acids is 3. The Morgan fingerprint density at radius 2 is 1.86 bits per heavy atom. The number of likely N-dealkylation sites (N-methyl/N-ethyl adjacent to an activating group) is 1. The lowest BCUT2D eigenvalue weighted by Gasteiger charge is -2.13. The first-order valence-electron chi connectivity index (χ1n) is 6.55. The second-order valence-electron chi connectivity index (χ2n) is 4.34. The molecule has 0 heterocycles. The summed E-state index contributed by atoms with van der Waals surface area (Å²) in [5.74, 6) is -1.61. The lowest BCUT2D eigenvalue weighted by Crippen LogP contribution is -2.38. The van der Waals surface area contributed by atoms with Crippen molar-refractivity contribution in [2.24, 2.45) is 0 Å². The Morgan fingerprint density at radius 1 is 1.18 bits per heavy atom. The molecule has 2 amide bonds. The van der Waals surface area contributed by atoms with E-state index in [1.165, 1.54) is 25.1 Å². The van der Waals surface area contributed by atoms with Gasteiger partial charge in [-0.25, -0.2) is 0 Å². The van der Waals surface area contributed by atoms with E-state index in [0.717, 1.165) is 0 Å². The summed E-state index contributed by atoms with van der Waals surface area (Å²) in [6.07, 6.45) is -0.922. The van der Waals surface area contributed by atoms with Gasteiger partial charge in [0.2, 0.25) is 0 Å². The maximum Gasteiger partial charge on any atom is 0.326 e. The summed E-state index contributed by atoms with van der Waals surface area (Å²) < 4.78 is 4.88. The van der Waals surface area contributed by atoms with Crippen molar-refractivity contribution >= 4 is 41.0 Å². The minimum Gasteiger partial charge on any atom is -0.451 e. The summed E-state index contributed by atoms with van der Waals surface area (Å²) in [5, 5.41) is 5.46. The number of ether oxygens (including phenoxy) is 1. The summed E-state index contributed by atoms with van der Waals surface area (Å²) in [6.45, 7) is 3.28. The Kier molecular flexibility index (Phi) is 7.14. The molecule has 0 bridgehead atoms. The highest BCUT2D eigenvalue weighted by Crippen LogP contribution is 2.22. The van der Waals surface area contributed by atoms with Crippen molar-refractivity contribution in [3.63, 3.8) is 0 Å². The minimum absolute atomic E-state index is 0.238. The Morgan fingerprint density at radius 3 is 2.45 bits per heavy atom. The average molecular weight is 347 g/mol. The molecule has 22 heavy (non-hydrogen) atoms. The van der Waals surface area contributed by atoms with Crippen LogP contribution in [0.3, 0.4) is 0 Å². The van der Waals surface area contributed by atoms with E-state index in [1.807, 2.05) is 0 Å². The number of amides is 2. The van der Waals surface area contributed by atoms with Gasteiger partial charge in [0.15, 0.2) is 6.10 Å². The topological polar surface area (TPSA) is 84.5 Å². The number of esters is 1. The summed E-state index contributed by atoms with van der Waals surface area (Å²) in [5.41, 5.74) is 0.263. The molecule has 1 atom stereocenters. The van der Waals surface area contributed by atoms with Crippen LogP contribution in [0.5, 0.6) is 0 Å². The third-order valence-electron chi connectivity index (χ3n) is 2.60. The van der Waals surface area contributed by atoms with Gasteiger partial charge in [-0.3, -0.25) is 14.4 Å². The molecule has 1 aromatic carbocycles. The van der Waals surface area contributed by atoms with E-state index in [-0.39, 0.29) is 17.1 Å². The standard InChI is InChI=1S/C14H16Cl2N2O4/c1-3-17-13(20)8(2)22-12(19)7-18-14(21)9-4-5-10(15)11(16)6-9/h4-6,8H,3,7H2,1-2H3,(H,17,20)(H,18,21)/t8-/m0/s1. The third-order valence-corrected chi connectivity index (χ3v) is 3.34. The Hall–Kier alpha value is -1.79. The van der Waals surface area contributed by atoms with Crippen molar-refractivity contribution in [3.05, 3.63) is 33.8 Å². The van der Waals surface area contributed by atoms with Crippen LogP contribution >= 0.6 is 23.2 Å². The van der Waals surface area contributed by atoms with Crippen LogP contribution in [0.15, 0.2) is 18.2 Å². The molecule has 0 radical (unpaired) electrons. The molecular weight excluding hydrogens is 331 g/mol. The Bertz CT molecular complexity index is 578. The van der Waals surface area contributed by atoms with Gasteiger partial charge in [0.25, 0.3) is 11.8 Å². The zero-order chi connectivity index (χ0) is 16.7. The van der Waals surface area contributed by atoms with Crippen molar-refractivity contribution < 1.29 is 19.1 Å². The predicted octanol–water partition coefficient (Wildman–Crippen LogP) is 1.79. The highest BCUT2D eigenvalue weighted by molar-refractivity contribution is 6.42. The lowest BCUT2D eigenvalue weighted by molar-refractivity contribution is -0.153. The Balaban J connectivity index is 2.48. The molecule has 6 nitrogen and oxygen atoms in total. The number of carbonyl (C=O) groups is 3. The molecule has 1 aromatic rings. The molecule has 1 rings (SSSR count). The highest BCUT2D eigenvalue weighted by Gasteiger charge is 2.17. The summed E-state index contributed by atoms with van der Waals surface area (Å²) in [7, 11) is 0. The van der Waals surface area contributed by atoms with Gasteiger partial charge in [0.1, 0.15) is 6.54 Å². The molecule has 0 spiro atoms. The van der Waals surface area contributed by atoms with Crippen LogP contribution in [0, 0.1) is 0 Å². The largest absolute Gasteiger partial charge is 0.451 e. The number of benzene rings is 1. The van der Waals surface area contributed by atoms with E-state index in [1.54, 1.807) is 6.92 Å². The second-order valence-corrected chi connectivity index (χ2v) is 5.15. The number of hydrogen-bond acceptors (Lipinski definition) is 4. The quantitative estimate of drug-likeness (QED) is 0.769. The molecule has 0 fully saturated rings. The number of halogens is 2. The van der Waals surface area contributed by atoms with Crippen LogP contribution in [0.25, 0.3) is 0 Å². The first-order chi connectivity index (χ1) is 10.3. The average Bonchev–Trinajstić information content (AvgIpc) is 2.47. The zero-order valence-electron chi connectivity index (χ0n) is 12.1. The molecule has 0 aliphatic heterocycles. The van der Waals surface area contributed by atoms with E-state index in [9.17, 15) is 14.4 Å². The molecule has 120 valence electrons. The van der Waals surface area contributed by atoms with Crippen molar-refractivity contribution in [3.8, 4) is 0 Å². The van der Waals surface area contributed by atoms with Crippen molar-refractivity contribution in [2.45, 2.75) is 20.0 Å². The van der Waals surface area contributed by atoms with Crippen LogP contribution in [0.4, 0.5) is 0 Å². The van der Waals surface area contributed by atoms with Gasteiger partial charge >= 0.3 is 5.97 Å². The van der Waals surface area contributed by atoms with Gasteiger partial charge in [-0.15, -0.1) is 0 Å². The Labute approximate surface area is 138 Å². The number of rotatable bonds is 6. The molecule has 0 saturated carbocycles. The SMILES string of the molecule is CCNC(=O)[C@H](C)OC(=O)CNC(=O)c1ccc(Cl)c(Cl)c1. The number of nitrogens with one attached hydrogen (secondary N) is 2. The van der Waals surface area contributed by atoms with E-state index in [2.05, 4.69) is 10.6 Å². The van der Waals surface area contributed by atoms with Crippen molar-refractivity contribution in [1.82, 2.24) is 10.6 Å². The monoisotopic (exact) mass is 346 g/mol.